The van der Waals surface area contributed by atoms with Gasteiger partial charge >= 0.3 is 0 Å². The van der Waals surface area contributed by atoms with Gasteiger partial charge in [-0.15, -0.1) is 0 Å². The fourth-order valence-corrected chi connectivity index (χ4v) is 1.46. The van der Waals surface area contributed by atoms with Crippen molar-refractivity contribution in [3.8, 4) is 5.75 Å². The molecule has 1 atom stereocenters. The SMILES string of the molecule is CNCC(O)c1cc(Cl)c(F)cc1OC. The molecule has 0 saturated carbocycles. The van der Waals surface area contributed by atoms with Crippen LogP contribution in [0.3, 0.4) is 0 Å². The van der Waals surface area contributed by atoms with E-state index in [1.54, 1.807) is 7.05 Å². The van der Waals surface area contributed by atoms with E-state index in [9.17, 15) is 9.50 Å². The summed E-state index contributed by atoms with van der Waals surface area (Å²) >= 11 is 5.62. The van der Waals surface area contributed by atoms with E-state index < -0.39 is 11.9 Å². The zero-order valence-corrected chi connectivity index (χ0v) is 9.31. The van der Waals surface area contributed by atoms with Gasteiger partial charge in [0.1, 0.15) is 11.6 Å². The molecule has 0 amide bonds. The van der Waals surface area contributed by atoms with Crippen LogP contribution in [0.25, 0.3) is 0 Å². The molecule has 0 aliphatic heterocycles. The van der Waals surface area contributed by atoms with E-state index in [0.29, 0.717) is 17.9 Å². The second-order valence-electron chi connectivity index (χ2n) is 3.08. The molecule has 15 heavy (non-hydrogen) atoms. The molecular formula is C10H13ClFNO2. The molecule has 0 fully saturated rings. The number of hydrogen-bond donors (Lipinski definition) is 2. The van der Waals surface area contributed by atoms with E-state index in [0.717, 1.165) is 6.07 Å². The molecule has 3 nitrogen and oxygen atoms in total. The van der Waals surface area contributed by atoms with E-state index in [2.05, 4.69) is 5.32 Å². The van der Waals surface area contributed by atoms with Crippen LogP contribution in [0, 0.1) is 5.82 Å². The molecule has 5 heteroatoms. The van der Waals surface area contributed by atoms with Crippen molar-refractivity contribution < 1.29 is 14.2 Å². The summed E-state index contributed by atoms with van der Waals surface area (Å²) in [4.78, 5) is 0. The largest absolute Gasteiger partial charge is 0.496 e. The average molecular weight is 234 g/mol. The number of rotatable bonds is 4. The van der Waals surface area contributed by atoms with E-state index in [1.165, 1.54) is 13.2 Å². The quantitative estimate of drug-likeness (QED) is 0.833. The van der Waals surface area contributed by atoms with Crippen molar-refractivity contribution in [1.29, 1.82) is 0 Å². The molecule has 2 N–H and O–H groups in total. The third kappa shape index (κ3) is 2.81. The molecule has 0 bridgehead atoms. The predicted molar refractivity (Wildman–Crippen MR) is 56.8 cm³/mol. The van der Waals surface area contributed by atoms with Crippen molar-refractivity contribution in [3.63, 3.8) is 0 Å². The highest BCUT2D eigenvalue weighted by Gasteiger charge is 2.15. The summed E-state index contributed by atoms with van der Waals surface area (Å²) in [5, 5.41) is 12.5. The third-order valence-electron chi connectivity index (χ3n) is 2.03. The van der Waals surface area contributed by atoms with Crippen molar-refractivity contribution >= 4 is 11.6 Å². The zero-order valence-electron chi connectivity index (χ0n) is 8.55. The number of likely N-dealkylation sites (N-methyl/N-ethyl adjacent to an activating group) is 1. The second-order valence-corrected chi connectivity index (χ2v) is 3.49. The number of aliphatic hydroxyl groups is 1. The second kappa shape index (κ2) is 5.30. The minimum atomic E-state index is -0.775. The van der Waals surface area contributed by atoms with Gasteiger partial charge in [-0.25, -0.2) is 4.39 Å². The van der Waals surface area contributed by atoms with Crippen LogP contribution < -0.4 is 10.1 Å². The molecule has 0 spiro atoms. The molecule has 1 aromatic carbocycles. The van der Waals surface area contributed by atoms with E-state index in [-0.39, 0.29) is 5.02 Å². The Labute approximate surface area is 92.8 Å². The molecule has 0 radical (unpaired) electrons. The first-order chi connectivity index (χ1) is 7.10. The van der Waals surface area contributed by atoms with Crippen LogP contribution in [0.1, 0.15) is 11.7 Å². The number of methoxy groups -OCH3 is 1. The van der Waals surface area contributed by atoms with Gasteiger partial charge in [-0.3, -0.25) is 0 Å². The Morgan fingerprint density at radius 3 is 2.80 bits per heavy atom. The van der Waals surface area contributed by atoms with E-state index in [4.69, 9.17) is 16.3 Å². The summed E-state index contributed by atoms with van der Waals surface area (Å²) in [7, 11) is 3.12. The summed E-state index contributed by atoms with van der Waals surface area (Å²) in [6.45, 7) is 0.346. The monoisotopic (exact) mass is 233 g/mol. The normalized spacial score (nSPS) is 12.6. The van der Waals surface area contributed by atoms with Gasteiger partial charge in [0.15, 0.2) is 0 Å². The first-order valence-electron chi connectivity index (χ1n) is 4.45. The van der Waals surface area contributed by atoms with Crippen molar-refractivity contribution in [2.24, 2.45) is 0 Å². The maximum atomic E-state index is 13.1. The fraction of sp³-hybridized carbons (Fsp3) is 0.400. The maximum Gasteiger partial charge on any atom is 0.145 e. The van der Waals surface area contributed by atoms with Gasteiger partial charge in [-0.1, -0.05) is 11.6 Å². The van der Waals surface area contributed by atoms with E-state index in [1.807, 2.05) is 0 Å². The highest BCUT2D eigenvalue weighted by Crippen LogP contribution is 2.30. The maximum absolute atomic E-state index is 13.1. The molecule has 1 aromatic rings. The molecule has 1 unspecified atom stereocenters. The Kier molecular flexibility index (Phi) is 4.32. The summed E-state index contributed by atoms with van der Waals surface area (Å²) in [6, 6.07) is 2.54. The third-order valence-corrected chi connectivity index (χ3v) is 2.32. The van der Waals surface area contributed by atoms with Crippen LogP contribution in [-0.4, -0.2) is 25.8 Å². The van der Waals surface area contributed by atoms with Gasteiger partial charge in [0.2, 0.25) is 0 Å². The Hall–Kier alpha value is -0.840. The number of ether oxygens (including phenoxy) is 1. The Morgan fingerprint density at radius 1 is 1.60 bits per heavy atom. The number of hydrogen-bond acceptors (Lipinski definition) is 3. The topological polar surface area (TPSA) is 41.5 Å². The van der Waals surface area contributed by atoms with Gasteiger partial charge in [0.05, 0.1) is 18.2 Å². The standard InChI is InChI=1S/C10H13ClFNO2/c1-13-5-9(14)6-3-7(11)8(12)4-10(6)15-2/h3-4,9,13-14H,5H2,1-2H3. The van der Waals surface area contributed by atoms with Crippen LogP contribution in [0.15, 0.2) is 12.1 Å². The lowest BCUT2D eigenvalue weighted by atomic mass is 10.1. The Morgan fingerprint density at radius 2 is 2.27 bits per heavy atom. The highest BCUT2D eigenvalue weighted by molar-refractivity contribution is 6.30. The zero-order chi connectivity index (χ0) is 11.4. The number of nitrogens with one attached hydrogen (secondary N) is 1. The average Bonchev–Trinajstić information content (AvgIpc) is 2.21. The van der Waals surface area contributed by atoms with Crippen LogP contribution in [0.2, 0.25) is 5.02 Å². The first-order valence-corrected chi connectivity index (χ1v) is 4.83. The summed E-state index contributed by atoms with van der Waals surface area (Å²) < 4.78 is 18.0. The minimum absolute atomic E-state index is 0.0269. The van der Waals surface area contributed by atoms with Crippen LogP contribution in [0.5, 0.6) is 5.75 Å². The summed E-state index contributed by atoms with van der Waals surface area (Å²) in [5.41, 5.74) is 0.471. The van der Waals surface area contributed by atoms with Crippen molar-refractivity contribution in [1.82, 2.24) is 5.32 Å². The minimum Gasteiger partial charge on any atom is -0.496 e. The van der Waals surface area contributed by atoms with Gasteiger partial charge in [0, 0.05) is 18.2 Å². The van der Waals surface area contributed by atoms with Crippen LogP contribution in [-0.2, 0) is 0 Å². The Bertz CT molecular complexity index is 346. The lowest BCUT2D eigenvalue weighted by Crippen LogP contribution is -2.17. The van der Waals surface area contributed by atoms with Gasteiger partial charge in [0.25, 0.3) is 0 Å². The number of aliphatic hydroxyl groups excluding tert-OH is 1. The number of halogens is 2. The van der Waals surface area contributed by atoms with Crippen molar-refractivity contribution in [2.75, 3.05) is 20.7 Å². The van der Waals surface area contributed by atoms with Crippen LogP contribution >= 0.6 is 11.6 Å². The summed E-state index contributed by atoms with van der Waals surface area (Å²) in [6.07, 6.45) is -0.775. The lowest BCUT2D eigenvalue weighted by molar-refractivity contribution is 0.173. The fourth-order valence-electron chi connectivity index (χ4n) is 1.28. The molecule has 0 saturated heterocycles. The van der Waals surface area contributed by atoms with Gasteiger partial charge < -0.3 is 15.2 Å². The van der Waals surface area contributed by atoms with Crippen LogP contribution in [0.4, 0.5) is 4.39 Å². The molecule has 0 aliphatic rings. The highest BCUT2D eigenvalue weighted by atomic mass is 35.5. The van der Waals surface area contributed by atoms with Gasteiger partial charge in [-0.2, -0.15) is 0 Å². The summed E-state index contributed by atoms with van der Waals surface area (Å²) in [5.74, 6) is -0.270. The van der Waals surface area contributed by atoms with Crippen molar-refractivity contribution in [2.45, 2.75) is 6.10 Å². The first kappa shape index (κ1) is 12.2. The Balaban J connectivity index is 3.09. The molecule has 0 aliphatic carbocycles. The smallest absolute Gasteiger partial charge is 0.145 e. The molecule has 84 valence electrons. The number of benzene rings is 1. The molecule has 1 rings (SSSR count). The lowest BCUT2D eigenvalue weighted by Gasteiger charge is -2.15. The molecule has 0 heterocycles. The van der Waals surface area contributed by atoms with E-state index >= 15 is 0 Å². The van der Waals surface area contributed by atoms with Gasteiger partial charge in [-0.05, 0) is 13.1 Å². The molecular weight excluding hydrogens is 221 g/mol. The molecule has 0 aromatic heterocycles. The van der Waals surface area contributed by atoms with Crippen molar-refractivity contribution in [3.05, 3.63) is 28.5 Å². The predicted octanol–water partition coefficient (Wildman–Crippen LogP) is 1.74.